The minimum absolute atomic E-state index is 0.0696. The van der Waals surface area contributed by atoms with Crippen molar-refractivity contribution < 1.29 is 19.1 Å². The van der Waals surface area contributed by atoms with Gasteiger partial charge in [-0.2, -0.15) is 0 Å². The number of rotatable bonds is 6. The number of halogens is 1. The molecular weight excluding hydrogens is 342 g/mol. The highest BCUT2D eigenvalue weighted by Gasteiger charge is 2.11. The van der Waals surface area contributed by atoms with Crippen molar-refractivity contribution in [2.24, 2.45) is 0 Å². The smallest absolute Gasteiger partial charge is 0.310 e. The average Bonchev–Trinajstić information content (AvgIpc) is 2.59. The van der Waals surface area contributed by atoms with Gasteiger partial charge in [0.25, 0.3) is 5.91 Å². The van der Waals surface area contributed by atoms with Gasteiger partial charge in [0.15, 0.2) is 6.61 Å². The lowest BCUT2D eigenvalue weighted by Gasteiger charge is -2.10. The third-order valence-corrected chi connectivity index (χ3v) is 4.14. The molecule has 0 saturated carbocycles. The number of aryl methyl sites for hydroxylation is 1. The molecule has 2 aromatic carbocycles. The summed E-state index contributed by atoms with van der Waals surface area (Å²) >= 11 is 6.00. The van der Waals surface area contributed by atoms with E-state index in [2.05, 4.69) is 5.32 Å². The predicted octanol–water partition coefficient (Wildman–Crippen LogP) is 3.69. The Morgan fingerprint density at radius 2 is 1.92 bits per heavy atom. The standard InChI is InChI=1S/C19H20ClNO4/c1-12-7-8-14(9-17(12)24-3)10-19(23)25-11-18(22)21-16-6-4-5-15(20)13(16)2/h4-9H,10-11H2,1-3H3,(H,21,22). The largest absolute Gasteiger partial charge is 0.496 e. The van der Waals surface area contributed by atoms with Crippen LogP contribution < -0.4 is 10.1 Å². The molecule has 25 heavy (non-hydrogen) atoms. The summed E-state index contributed by atoms with van der Waals surface area (Å²) in [5, 5.41) is 3.23. The Balaban J connectivity index is 1.87. The van der Waals surface area contributed by atoms with Crippen LogP contribution in [0.15, 0.2) is 36.4 Å². The Labute approximate surface area is 151 Å². The van der Waals surface area contributed by atoms with Crippen LogP contribution in [0.4, 0.5) is 5.69 Å². The Hall–Kier alpha value is -2.53. The lowest BCUT2D eigenvalue weighted by molar-refractivity contribution is -0.146. The van der Waals surface area contributed by atoms with E-state index in [1.165, 1.54) is 0 Å². The van der Waals surface area contributed by atoms with Crippen molar-refractivity contribution in [1.82, 2.24) is 0 Å². The molecule has 1 amide bonds. The van der Waals surface area contributed by atoms with Crippen molar-refractivity contribution in [3.63, 3.8) is 0 Å². The number of carbonyl (C=O) groups excluding carboxylic acids is 2. The van der Waals surface area contributed by atoms with Crippen molar-refractivity contribution in [2.45, 2.75) is 20.3 Å². The van der Waals surface area contributed by atoms with Gasteiger partial charge >= 0.3 is 5.97 Å². The number of anilines is 1. The fourth-order valence-corrected chi connectivity index (χ4v) is 2.44. The molecule has 0 aromatic heterocycles. The summed E-state index contributed by atoms with van der Waals surface area (Å²) < 4.78 is 10.3. The summed E-state index contributed by atoms with van der Waals surface area (Å²) in [6.07, 6.45) is 0.0696. The highest BCUT2D eigenvalue weighted by Crippen LogP contribution is 2.23. The number of esters is 1. The second-order valence-electron chi connectivity index (χ2n) is 5.60. The number of carbonyl (C=O) groups is 2. The van der Waals surface area contributed by atoms with E-state index in [1.54, 1.807) is 38.3 Å². The van der Waals surface area contributed by atoms with E-state index in [9.17, 15) is 9.59 Å². The number of nitrogens with one attached hydrogen (secondary N) is 1. The van der Waals surface area contributed by atoms with Crippen molar-refractivity contribution in [2.75, 3.05) is 19.0 Å². The van der Waals surface area contributed by atoms with Gasteiger partial charge in [0.05, 0.1) is 13.5 Å². The molecule has 0 heterocycles. The number of hydrogen-bond acceptors (Lipinski definition) is 4. The van der Waals surface area contributed by atoms with Gasteiger partial charge in [0, 0.05) is 10.7 Å². The quantitative estimate of drug-likeness (QED) is 0.797. The van der Waals surface area contributed by atoms with Gasteiger partial charge in [-0.05, 0) is 48.7 Å². The van der Waals surface area contributed by atoms with Crippen molar-refractivity contribution in [3.05, 3.63) is 58.1 Å². The lowest BCUT2D eigenvalue weighted by atomic mass is 10.1. The van der Waals surface area contributed by atoms with Gasteiger partial charge in [0.1, 0.15) is 5.75 Å². The number of methoxy groups -OCH3 is 1. The minimum Gasteiger partial charge on any atom is -0.496 e. The summed E-state index contributed by atoms with van der Waals surface area (Å²) in [7, 11) is 1.58. The highest BCUT2D eigenvalue weighted by molar-refractivity contribution is 6.31. The first-order valence-corrected chi connectivity index (χ1v) is 8.12. The lowest BCUT2D eigenvalue weighted by Crippen LogP contribution is -2.22. The third kappa shape index (κ3) is 5.22. The maximum absolute atomic E-state index is 11.9. The average molecular weight is 362 g/mol. The Kier molecular flexibility index (Phi) is 6.42. The molecule has 132 valence electrons. The predicted molar refractivity (Wildman–Crippen MR) is 97.2 cm³/mol. The van der Waals surface area contributed by atoms with Crippen molar-refractivity contribution >= 4 is 29.2 Å². The summed E-state index contributed by atoms with van der Waals surface area (Å²) in [4.78, 5) is 23.8. The first kappa shape index (κ1) is 18.8. The SMILES string of the molecule is COc1cc(CC(=O)OCC(=O)Nc2cccc(Cl)c2C)ccc1C. The minimum atomic E-state index is -0.483. The second kappa shape index (κ2) is 8.53. The molecule has 0 saturated heterocycles. The monoisotopic (exact) mass is 361 g/mol. The molecule has 0 aliphatic carbocycles. The van der Waals surface area contributed by atoms with Gasteiger partial charge < -0.3 is 14.8 Å². The summed E-state index contributed by atoms with van der Waals surface area (Å²) in [5.41, 5.74) is 3.10. The van der Waals surface area contributed by atoms with Crippen LogP contribution in [0.5, 0.6) is 5.75 Å². The topological polar surface area (TPSA) is 64.6 Å². The van der Waals surface area contributed by atoms with E-state index in [0.29, 0.717) is 16.5 Å². The van der Waals surface area contributed by atoms with E-state index in [-0.39, 0.29) is 13.0 Å². The van der Waals surface area contributed by atoms with Crippen LogP contribution in [0.3, 0.4) is 0 Å². The molecule has 5 nitrogen and oxygen atoms in total. The molecular formula is C19H20ClNO4. The van der Waals surface area contributed by atoms with E-state index in [1.807, 2.05) is 19.1 Å². The Bertz CT molecular complexity index is 789. The molecule has 0 atom stereocenters. The van der Waals surface area contributed by atoms with Crippen molar-refractivity contribution in [3.8, 4) is 5.75 Å². The molecule has 2 rings (SSSR count). The zero-order valence-electron chi connectivity index (χ0n) is 14.4. The Morgan fingerprint density at radius 3 is 2.64 bits per heavy atom. The van der Waals surface area contributed by atoms with Gasteiger partial charge in [-0.3, -0.25) is 9.59 Å². The molecule has 0 bridgehead atoms. The molecule has 0 radical (unpaired) electrons. The first-order valence-electron chi connectivity index (χ1n) is 7.75. The van der Waals surface area contributed by atoms with Crippen LogP contribution in [0.2, 0.25) is 5.02 Å². The van der Waals surface area contributed by atoms with Gasteiger partial charge in [-0.25, -0.2) is 0 Å². The summed E-state index contributed by atoms with van der Waals surface area (Å²) in [6, 6.07) is 10.7. The fraction of sp³-hybridized carbons (Fsp3) is 0.263. The third-order valence-electron chi connectivity index (χ3n) is 3.73. The normalized spacial score (nSPS) is 10.2. The number of amides is 1. The molecule has 0 aliphatic rings. The summed E-state index contributed by atoms with van der Waals surface area (Å²) in [5.74, 6) is -0.191. The van der Waals surface area contributed by atoms with Crippen LogP contribution in [0, 0.1) is 13.8 Å². The summed E-state index contributed by atoms with van der Waals surface area (Å²) in [6.45, 7) is 3.37. The van der Waals surface area contributed by atoms with Gasteiger partial charge in [-0.15, -0.1) is 0 Å². The van der Waals surface area contributed by atoms with Crippen LogP contribution in [0.1, 0.15) is 16.7 Å². The molecule has 0 spiro atoms. The van der Waals surface area contributed by atoms with Gasteiger partial charge in [0.2, 0.25) is 0 Å². The highest BCUT2D eigenvalue weighted by atomic mass is 35.5. The van der Waals surface area contributed by atoms with E-state index in [4.69, 9.17) is 21.1 Å². The number of hydrogen-bond donors (Lipinski definition) is 1. The van der Waals surface area contributed by atoms with Crippen LogP contribution >= 0.6 is 11.6 Å². The number of benzene rings is 2. The second-order valence-corrected chi connectivity index (χ2v) is 6.01. The zero-order chi connectivity index (χ0) is 18.4. The molecule has 0 fully saturated rings. The molecule has 0 aliphatic heterocycles. The first-order chi connectivity index (χ1) is 11.9. The van der Waals surface area contributed by atoms with E-state index < -0.39 is 11.9 Å². The van der Waals surface area contributed by atoms with E-state index in [0.717, 1.165) is 16.7 Å². The Morgan fingerprint density at radius 1 is 1.16 bits per heavy atom. The maximum atomic E-state index is 11.9. The molecule has 1 N–H and O–H groups in total. The zero-order valence-corrected chi connectivity index (χ0v) is 15.1. The van der Waals surface area contributed by atoms with E-state index >= 15 is 0 Å². The molecule has 6 heteroatoms. The van der Waals surface area contributed by atoms with Crippen LogP contribution in [-0.2, 0) is 20.7 Å². The molecule has 0 unspecified atom stereocenters. The van der Waals surface area contributed by atoms with Gasteiger partial charge in [-0.1, -0.05) is 29.8 Å². The molecule has 2 aromatic rings. The number of ether oxygens (including phenoxy) is 2. The fourth-order valence-electron chi connectivity index (χ4n) is 2.27. The maximum Gasteiger partial charge on any atom is 0.310 e. The van der Waals surface area contributed by atoms with Crippen molar-refractivity contribution in [1.29, 1.82) is 0 Å². The van der Waals surface area contributed by atoms with Crippen LogP contribution in [0.25, 0.3) is 0 Å². The van der Waals surface area contributed by atoms with Crippen LogP contribution in [-0.4, -0.2) is 25.6 Å².